The van der Waals surface area contributed by atoms with Crippen LogP contribution in [0.25, 0.3) is 11.2 Å². The number of fused-ring (bicyclic) bond motifs is 1. The zero-order valence-electron chi connectivity index (χ0n) is 8.01. The lowest BCUT2D eigenvalue weighted by Gasteiger charge is -1.99. The van der Waals surface area contributed by atoms with Crippen LogP contribution in [0.1, 0.15) is 6.42 Å². The molecule has 15 heavy (non-hydrogen) atoms. The van der Waals surface area contributed by atoms with Gasteiger partial charge in [-0.15, -0.1) is 0 Å². The van der Waals surface area contributed by atoms with E-state index in [2.05, 4.69) is 20.8 Å². The first-order chi connectivity index (χ1) is 7.33. The van der Waals surface area contributed by atoms with E-state index in [0.717, 1.165) is 12.1 Å². The van der Waals surface area contributed by atoms with Gasteiger partial charge in [-0.1, -0.05) is 0 Å². The second kappa shape index (κ2) is 3.89. The predicted molar refractivity (Wildman–Crippen MR) is 56.6 cm³/mol. The number of aromatic nitrogens is 4. The van der Waals surface area contributed by atoms with Crippen molar-refractivity contribution < 1.29 is 0 Å². The molecule has 76 valence electrons. The van der Waals surface area contributed by atoms with E-state index in [1.54, 1.807) is 12.4 Å². The van der Waals surface area contributed by atoms with Crippen molar-refractivity contribution in [3.63, 3.8) is 0 Å². The molecule has 0 fully saturated rings. The molecule has 2 heterocycles. The Hall–Kier alpha value is -2.20. The molecule has 0 saturated heterocycles. The van der Waals surface area contributed by atoms with Gasteiger partial charge in [0.05, 0.1) is 6.33 Å². The van der Waals surface area contributed by atoms with Crippen LogP contribution in [-0.2, 0) is 6.54 Å². The molecule has 2 rings (SSSR count). The quantitative estimate of drug-likeness (QED) is 0.713. The molecule has 0 aliphatic carbocycles. The number of nitrogens with zero attached hydrogens (tertiary/aromatic N) is 4. The Kier molecular flexibility index (Phi) is 2.43. The second-order valence-electron chi connectivity index (χ2n) is 3.01. The molecular formula is C9H10N6. The average Bonchev–Trinajstić information content (AvgIpc) is 2.64. The summed E-state index contributed by atoms with van der Waals surface area (Å²) in [4.78, 5) is 12.1. The summed E-state index contributed by atoms with van der Waals surface area (Å²) in [5.41, 5.74) is 6.99. The Labute approximate surface area is 86.0 Å². The van der Waals surface area contributed by atoms with E-state index < -0.39 is 0 Å². The number of hydrogen-bond donors (Lipinski definition) is 2. The monoisotopic (exact) mass is 202 g/mol. The van der Waals surface area contributed by atoms with E-state index in [1.807, 2.05) is 4.57 Å². The van der Waals surface area contributed by atoms with Gasteiger partial charge in [0.2, 0.25) is 0 Å². The van der Waals surface area contributed by atoms with Crippen molar-refractivity contribution in [1.29, 1.82) is 5.41 Å². The van der Waals surface area contributed by atoms with Crippen LogP contribution in [0.2, 0.25) is 0 Å². The van der Waals surface area contributed by atoms with Gasteiger partial charge in [0.1, 0.15) is 11.8 Å². The highest BCUT2D eigenvalue weighted by molar-refractivity contribution is 5.81. The van der Waals surface area contributed by atoms with Crippen molar-refractivity contribution >= 4 is 22.9 Å². The Balaban J connectivity index is 2.36. The fourth-order valence-electron chi connectivity index (χ4n) is 1.34. The summed E-state index contributed by atoms with van der Waals surface area (Å²) in [6.07, 6.45) is 5.46. The number of aryl methyl sites for hydroxylation is 1. The smallest absolute Gasteiger partial charge is 0.165 e. The minimum Gasteiger partial charge on any atom is -0.382 e. The summed E-state index contributed by atoms with van der Waals surface area (Å²) < 4.78 is 1.88. The normalized spacial score (nSPS) is 10.1. The fraction of sp³-hybridized carbons (Fsp3) is 0.222. The van der Waals surface area contributed by atoms with Crippen molar-refractivity contribution in [3.8, 4) is 0 Å². The van der Waals surface area contributed by atoms with Gasteiger partial charge in [0.25, 0.3) is 0 Å². The van der Waals surface area contributed by atoms with Gasteiger partial charge >= 0.3 is 0 Å². The lowest BCUT2D eigenvalue weighted by atomic mass is 10.4. The predicted octanol–water partition coefficient (Wildman–Crippen LogP) is 0.603. The summed E-state index contributed by atoms with van der Waals surface area (Å²) in [6.45, 7) is 0.707. The number of allylic oxidation sites excluding steroid dienone is 1. The minimum absolute atomic E-state index is 0.390. The molecule has 2 aromatic rings. The molecule has 0 aromatic carbocycles. The first kappa shape index (κ1) is 9.36. The lowest BCUT2D eigenvalue weighted by molar-refractivity contribution is 0.725. The van der Waals surface area contributed by atoms with Gasteiger partial charge < -0.3 is 10.3 Å². The maximum atomic E-state index is 6.75. The molecule has 0 atom stereocenters. The summed E-state index contributed by atoms with van der Waals surface area (Å²) in [5, 5.41) is 6.75. The Morgan fingerprint density at radius 1 is 1.47 bits per heavy atom. The van der Waals surface area contributed by atoms with Crippen molar-refractivity contribution in [1.82, 2.24) is 19.5 Å². The second-order valence-corrected chi connectivity index (χ2v) is 3.01. The molecule has 0 amide bonds. The van der Waals surface area contributed by atoms with Gasteiger partial charge in [0.15, 0.2) is 11.5 Å². The van der Waals surface area contributed by atoms with Gasteiger partial charge in [0, 0.05) is 6.54 Å². The summed E-state index contributed by atoms with van der Waals surface area (Å²) in [5.74, 6) is 2.61. The Morgan fingerprint density at radius 2 is 2.33 bits per heavy atom. The fourth-order valence-corrected chi connectivity index (χ4v) is 1.34. The third kappa shape index (κ3) is 1.70. The van der Waals surface area contributed by atoms with E-state index in [9.17, 15) is 0 Å². The number of anilines is 1. The standard InChI is InChI=1S/C9H10N6/c10-3-1-2-4-15-6-14-7-8(11)12-5-13-9(7)15/h1,5-6,10H,2,4H2,(H2,11,12,13). The molecule has 0 bridgehead atoms. The molecule has 6 heteroatoms. The maximum Gasteiger partial charge on any atom is 0.165 e. The molecule has 0 spiro atoms. The van der Waals surface area contributed by atoms with E-state index in [4.69, 9.17) is 11.1 Å². The number of nitrogens with two attached hydrogens (primary N) is 1. The van der Waals surface area contributed by atoms with Gasteiger partial charge in [-0.05, 0) is 18.4 Å². The third-order valence-corrected chi connectivity index (χ3v) is 2.05. The highest BCUT2D eigenvalue weighted by Gasteiger charge is 2.06. The first-order valence-corrected chi connectivity index (χ1v) is 4.48. The zero-order valence-corrected chi connectivity index (χ0v) is 8.01. The van der Waals surface area contributed by atoms with Crippen molar-refractivity contribution in [2.45, 2.75) is 13.0 Å². The molecule has 0 radical (unpaired) electrons. The largest absolute Gasteiger partial charge is 0.382 e. The molecule has 0 aliphatic rings. The van der Waals surface area contributed by atoms with Crippen LogP contribution in [0.5, 0.6) is 0 Å². The Morgan fingerprint density at radius 3 is 3.13 bits per heavy atom. The first-order valence-electron chi connectivity index (χ1n) is 4.48. The number of hydrogen-bond acceptors (Lipinski definition) is 5. The van der Waals surface area contributed by atoms with E-state index in [-0.39, 0.29) is 0 Å². The van der Waals surface area contributed by atoms with Crippen LogP contribution in [0.4, 0.5) is 5.82 Å². The molecule has 0 unspecified atom stereocenters. The van der Waals surface area contributed by atoms with Crippen molar-refractivity contribution in [2.24, 2.45) is 0 Å². The lowest BCUT2D eigenvalue weighted by Crippen LogP contribution is -1.98. The molecule has 6 nitrogen and oxygen atoms in total. The number of imidazole rings is 1. The molecule has 3 N–H and O–H groups in total. The maximum absolute atomic E-state index is 6.75. The average molecular weight is 202 g/mol. The number of nitrogen functional groups attached to an aromatic ring is 1. The topological polar surface area (TPSA) is 93.5 Å². The van der Waals surface area contributed by atoms with Crippen LogP contribution >= 0.6 is 0 Å². The molecule has 0 saturated carbocycles. The minimum atomic E-state index is 0.390. The molecule has 0 aliphatic heterocycles. The summed E-state index contributed by atoms with van der Waals surface area (Å²) >= 11 is 0. The van der Waals surface area contributed by atoms with Crippen LogP contribution < -0.4 is 5.73 Å². The number of nitrogens with one attached hydrogen (secondary N) is 1. The Bertz CT molecular complexity index is 522. The van der Waals surface area contributed by atoms with Crippen molar-refractivity contribution in [3.05, 3.63) is 18.7 Å². The number of rotatable bonds is 3. The van der Waals surface area contributed by atoms with Crippen LogP contribution in [0, 0.1) is 5.41 Å². The molecular weight excluding hydrogens is 192 g/mol. The van der Waals surface area contributed by atoms with Gasteiger partial charge in [-0.25, -0.2) is 15.0 Å². The van der Waals surface area contributed by atoms with Crippen molar-refractivity contribution in [2.75, 3.05) is 5.73 Å². The summed E-state index contributed by atoms with van der Waals surface area (Å²) in [6, 6.07) is 0. The SMILES string of the molecule is N=C=CCCn1cnc2c(N)ncnc21. The zero-order chi connectivity index (χ0) is 10.7. The van der Waals surface area contributed by atoms with E-state index in [0.29, 0.717) is 17.9 Å². The highest BCUT2D eigenvalue weighted by Crippen LogP contribution is 2.14. The summed E-state index contributed by atoms with van der Waals surface area (Å²) in [7, 11) is 0. The molecule has 2 aromatic heterocycles. The van der Waals surface area contributed by atoms with Gasteiger partial charge in [-0.3, -0.25) is 5.41 Å². The highest BCUT2D eigenvalue weighted by atomic mass is 15.1. The van der Waals surface area contributed by atoms with E-state index >= 15 is 0 Å². The van der Waals surface area contributed by atoms with Crippen LogP contribution in [-0.4, -0.2) is 25.4 Å². The van der Waals surface area contributed by atoms with Crippen LogP contribution in [0.15, 0.2) is 18.7 Å². The van der Waals surface area contributed by atoms with Crippen LogP contribution in [0.3, 0.4) is 0 Å². The van der Waals surface area contributed by atoms with E-state index in [1.165, 1.54) is 6.33 Å². The van der Waals surface area contributed by atoms with Gasteiger partial charge in [-0.2, -0.15) is 0 Å². The third-order valence-electron chi connectivity index (χ3n) is 2.05.